The summed E-state index contributed by atoms with van der Waals surface area (Å²) in [7, 11) is 0. The van der Waals surface area contributed by atoms with E-state index in [1.54, 1.807) is 6.20 Å². The SMILES string of the molecule is Brc1c(-c2ccccc2)nn(-c2ccccn2)c1-c1ccccc1. The topological polar surface area (TPSA) is 30.7 Å². The first-order valence-electron chi connectivity index (χ1n) is 7.65. The lowest BCUT2D eigenvalue weighted by Gasteiger charge is -2.06. The Morgan fingerprint density at radius 3 is 1.96 bits per heavy atom. The lowest BCUT2D eigenvalue weighted by atomic mass is 10.1. The van der Waals surface area contributed by atoms with Crippen LogP contribution in [0.25, 0.3) is 28.3 Å². The molecule has 0 fully saturated rings. The molecule has 24 heavy (non-hydrogen) atoms. The van der Waals surface area contributed by atoms with Gasteiger partial charge in [0, 0.05) is 17.3 Å². The van der Waals surface area contributed by atoms with Gasteiger partial charge in [0.2, 0.25) is 0 Å². The zero-order valence-corrected chi connectivity index (χ0v) is 14.4. The molecule has 0 N–H and O–H groups in total. The highest BCUT2D eigenvalue weighted by Gasteiger charge is 2.19. The van der Waals surface area contributed by atoms with Gasteiger partial charge in [-0.1, -0.05) is 66.7 Å². The van der Waals surface area contributed by atoms with Gasteiger partial charge in [-0.15, -0.1) is 0 Å². The average molecular weight is 376 g/mol. The largest absolute Gasteiger partial charge is 0.237 e. The maximum atomic E-state index is 4.83. The molecule has 0 amide bonds. The molecule has 3 nitrogen and oxygen atoms in total. The summed E-state index contributed by atoms with van der Waals surface area (Å²) in [4.78, 5) is 4.46. The van der Waals surface area contributed by atoms with E-state index in [-0.39, 0.29) is 0 Å². The van der Waals surface area contributed by atoms with Crippen LogP contribution in [0.4, 0.5) is 0 Å². The Labute approximate surface area is 148 Å². The van der Waals surface area contributed by atoms with Crippen molar-refractivity contribution in [2.24, 2.45) is 0 Å². The summed E-state index contributed by atoms with van der Waals surface area (Å²) >= 11 is 3.76. The maximum Gasteiger partial charge on any atom is 0.154 e. The average Bonchev–Trinajstić information content (AvgIpc) is 3.01. The van der Waals surface area contributed by atoms with Crippen LogP contribution in [0, 0.1) is 0 Å². The van der Waals surface area contributed by atoms with Crippen LogP contribution in [-0.4, -0.2) is 14.8 Å². The Bertz CT molecular complexity index is 948. The highest BCUT2D eigenvalue weighted by molar-refractivity contribution is 9.10. The summed E-state index contributed by atoms with van der Waals surface area (Å²) < 4.78 is 2.85. The zero-order chi connectivity index (χ0) is 16.4. The highest BCUT2D eigenvalue weighted by Crippen LogP contribution is 2.37. The third-order valence-electron chi connectivity index (χ3n) is 3.79. The van der Waals surface area contributed by atoms with Crippen molar-refractivity contribution in [1.29, 1.82) is 0 Å². The third-order valence-corrected chi connectivity index (χ3v) is 4.54. The van der Waals surface area contributed by atoms with E-state index < -0.39 is 0 Å². The van der Waals surface area contributed by atoms with Crippen LogP contribution in [0.15, 0.2) is 89.5 Å². The summed E-state index contributed by atoms with van der Waals surface area (Å²) in [5, 5.41) is 4.83. The molecule has 0 atom stereocenters. The number of halogens is 1. The van der Waals surface area contributed by atoms with Gasteiger partial charge < -0.3 is 0 Å². The van der Waals surface area contributed by atoms with Crippen LogP contribution in [-0.2, 0) is 0 Å². The normalized spacial score (nSPS) is 10.7. The van der Waals surface area contributed by atoms with E-state index in [9.17, 15) is 0 Å². The fraction of sp³-hybridized carbons (Fsp3) is 0. The fourth-order valence-electron chi connectivity index (χ4n) is 2.67. The molecule has 0 radical (unpaired) electrons. The molecule has 0 aliphatic heterocycles. The van der Waals surface area contributed by atoms with Gasteiger partial charge in [0.15, 0.2) is 5.82 Å². The van der Waals surface area contributed by atoms with Crippen molar-refractivity contribution in [3.8, 4) is 28.3 Å². The molecule has 0 aliphatic rings. The van der Waals surface area contributed by atoms with E-state index >= 15 is 0 Å². The quantitative estimate of drug-likeness (QED) is 0.482. The predicted molar refractivity (Wildman–Crippen MR) is 99.9 cm³/mol. The van der Waals surface area contributed by atoms with Gasteiger partial charge in [0.25, 0.3) is 0 Å². The third kappa shape index (κ3) is 2.65. The minimum atomic E-state index is 0.791. The lowest BCUT2D eigenvalue weighted by molar-refractivity contribution is 0.857. The van der Waals surface area contributed by atoms with Crippen LogP contribution in [0.2, 0.25) is 0 Å². The molecule has 2 heterocycles. The summed E-state index contributed by atoms with van der Waals surface area (Å²) in [6.07, 6.45) is 1.78. The molecule has 116 valence electrons. The second kappa shape index (κ2) is 6.42. The molecule has 0 saturated carbocycles. The van der Waals surface area contributed by atoms with Crippen LogP contribution < -0.4 is 0 Å². The number of nitrogens with zero attached hydrogens (tertiary/aromatic N) is 3. The van der Waals surface area contributed by atoms with Gasteiger partial charge in [-0.2, -0.15) is 5.10 Å². The van der Waals surface area contributed by atoms with Gasteiger partial charge in [-0.3, -0.25) is 0 Å². The van der Waals surface area contributed by atoms with Gasteiger partial charge >= 0.3 is 0 Å². The summed E-state index contributed by atoms with van der Waals surface area (Å²) in [6.45, 7) is 0. The Kier molecular flexibility index (Phi) is 3.97. The second-order valence-corrected chi connectivity index (χ2v) is 6.14. The summed E-state index contributed by atoms with van der Waals surface area (Å²) in [5.74, 6) is 0.791. The first-order valence-corrected chi connectivity index (χ1v) is 8.44. The summed E-state index contributed by atoms with van der Waals surface area (Å²) in [5.41, 5.74) is 4.05. The molecule has 4 aromatic rings. The van der Waals surface area contributed by atoms with Crippen molar-refractivity contribution >= 4 is 15.9 Å². The van der Waals surface area contributed by atoms with E-state index in [0.29, 0.717) is 0 Å². The molecule has 0 bridgehead atoms. The van der Waals surface area contributed by atoms with Crippen molar-refractivity contribution < 1.29 is 0 Å². The molecule has 0 unspecified atom stereocenters. The van der Waals surface area contributed by atoms with Crippen LogP contribution in [0.5, 0.6) is 0 Å². The maximum absolute atomic E-state index is 4.83. The van der Waals surface area contributed by atoms with Crippen LogP contribution in [0.3, 0.4) is 0 Å². The molecular formula is C20H14BrN3. The minimum absolute atomic E-state index is 0.791. The number of benzene rings is 2. The van der Waals surface area contributed by atoms with Gasteiger partial charge in [0.1, 0.15) is 5.69 Å². The van der Waals surface area contributed by atoms with Crippen molar-refractivity contribution in [2.45, 2.75) is 0 Å². The molecule has 2 aromatic heterocycles. The lowest BCUT2D eigenvalue weighted by Crippen LogP contribution is -2.01. The van der Waals surface area contributed by atoms with Crippen molar-refractivity contribution in [2.75, 3.05) is 0 Å². The van der Waals surface area contributed by atoms with Crippen molar-refractivity contribution in [1.82, 2.24) is 14.8 Å². The first kappa shape index (κ1) is 14.8. The van der Waals surface area contributed by atoms with E-state index in [4.69, 9.17) is 5.10 Å². The van der Waals surface area contributed by atoms with Gasteiger partial charge in [-0.05, 0) is 28.1 Å². The molecule has 0 spiro atoms. The summed E-state index contributed by atoms with van der Waals surface area (Å²) in [6, 6.07) is 26.2. The Morgan fingerprint density at radius 1 is 0.708 bits per heavy atom. The molecule has 4 heteroatoms. The van der Waals surface area contributed by atoms with E-state index in [1.807, 2.05) is 59.3 Å². The Balaban J connectivity index is 1.99. The van der Waals surface area contributed by atoms with Crippen LogP contribution in [0.1, 0.15) is 0 Å². The number of hydrogen-bond donors (Lipinski definition) is 0. The molecular weight excluding hydrogens is 362 g/mol. The van der Waals surface area contributed by atoms with Crippen LogP contribution >= 0.6 is 15.9 Å². The van der Waals surface area contributed by atoms with Crippen molar-refractivity contribution in [3.05, 3.63) is 89.5 Å². The fourth-order valence-corrected chi connectivity index (χ4v) is 3.37. The van der Waals surface area contributed by atoms with Gasteiger partial charge in [0.05, 0.1) is 10.2 Å². The minimum Gasteiger partial charge on any atom is -0.237 e. The smallest absolute Gasteiger partial charge is 0.154 e. The number of pyridine rings is 1. The molecule has 2 aromatic carbocycles. The Morgan fingerprint density at radius 2 is 1.33 bits per heavy atom. The van der Waals surface area contributed by atoms with E-state index in [0.717, 1.165) is 32.8 Å². The number of aromatic nitrogens is 3. The number of rotatable bonds is 3. The highest BCUT2D eigenvalue weighted by atomic mass is 79.9. The Hall–Kier alpha value is -2.72. The molecule has 4 rings (SSSR count). The van der Waals surface area contributed by atoms with Crippen molar-refractivity contribution in [3.63, 3.8) is 0 Å². The standard InChI is InChI=1S/C20H14BrN3/c21-18-19(15-9-3-1-4-10-15)23-24(17-13-7-8-14-22-17)20(18)16-11-5-2-6-12-16/h1-14H. The molecule has 0 aliphatic carbocycles. The zero-order valence-electron chi connectivity index (χ0n) is 12.8. The van der Waals surface area contributed by atoms with E-state index in [1.165, 1.54) is 0 Å². The predicted octanol–water partition coefficient (Wildman–Crippen LogP) is 5.36. The molecule has 0 saturated heterocycles. The number of hydrogen-bond acceptors (Lipinski definition) is 2. The van der Waals surface area contributed by atoms with Gasteiger partial charge in [-0.25, -0.2) is 9.67 Å². The van der Waals surface area contributed by atoms with E-state index in [2.05, 4.69) is 45.2 Å². The monoisotopic (exact) mass is 375 g/mol. The first-order chi connectivity index (χ1) is 11.8. The second-order valence-electron chi connectivity index (χ2n) is 5.34.